The number of benzene rings is 2. The zero-order chi connectivity index (χ0) is 22.5. The molecule has 4 aromatic rings. The number of pyridine rings is 1. The van der Waals surface area contributed by atoms with Gasteiger partial charge in [0.15, 0.2) is 0 Å². The number of amides is 2. The molecule has 2 aromatic carbocycles. The average molecular weight is 493 g/mol. The summed E-state index contributed by atoms with van der Waals surface area (Å²) in [4.78, 5) is 29.1. The Bertz CT molecular complexity index is 1270. The van der Waals surface area contributed by atoms with Crippen molar-refractivity contribution in [3.63, 3.8) is 0 Å². The lowest BCUT2D eigenvalue weighted by atomic mass is 10.2. The molecule has 0 aliphatic heterocycles. The fraction of sp³-hybridized carbons (Fsp3) is 0.125. The van der Waals surface area contributed by atoms with Crippen molar-refractivity contribution in [2.45, 2.75) is 13.5 Å². The van der Waals surface area contributed by atoms with Gasteiger partial charge in [0.25, 0.3) is 5.91 Å². The quantitative estimate of drug-likeness (QED) is 0.401. The summed E-state index contributed by atoms with van der Waals surface area (Å²) < 4.78 is 8.69. The van der Waals surface area contributed by atoms with Crippen LogP contribution < -0.4 is 15.4 Å². The van der Waals surface area contributed by atoms with Crippen molar-refractivity contribution < 1.29 is 14.3 Å². The van der Waals surface area contributed by atoms with E-state index in [9.17, 15) is 9.59 Å². The number of carbonyl (C=O) groups excluding carboxylic acids is 2. The third-order valence-corrected chi connectivity index (χ3v) is 5.20. The summed E-state index contributed by atoms with van der Waals surface area (Å²) in [6.45, 7) is 2.17. The zero-order valence-electron chi connectivity index (χ0n) is 17.3. The number of nitrogens with one attached hydrogen (secondary N) is 2. The van der Waals surface area contributed by atoms with Crippen LogP contribution in [-0.2, 0) is 11.4 Å². The second-order valence-electron chi connectivity index (χ2n) is 7.26. The van der Waals surface area contributed by atoms with Gasteiger partial charge in [-0.2, -0.15) is 0 Å². The molecule has 0 bridgehead atoms. The number of aromatic nitrogens is 2. The van der Waals surface area contributed by atoms with E-state index in [-0.39, 0.29) is 25.0 Å². The molecule has 2 heterocycles. The van der Waals surface area contributed by atoms with Crippen LogP contribution in [-0.4, -0.2) is 27.7 Å². The number of hydrogen-bond acceptors (Lipinski definition) is 4. The van der Waals surface area contributed by atoms with Gasteiger partial charge in [0.1, 0.15) is 18.0 Å². The van der Waals surface area contributed by atoms with Gasteiger partial charge < -0.3 is 19.8 Å². The normalized spacial score (nSPS) is 10.7. The highest BCUT2D eigenvalue weighted by Crippen LogP contribution is 2.16. The van der Waals surface area contributed by atoms with Crippen LogP contribution >= 0.6 is 15.9 Å². The minimum Gasteiger partial charge on any atom is -0.487 e. The number of ether oxygens (including phenoxy) is 1. The predicted molar refractivity (Wildman–Crippen MR) is 126 cm³/mol. The minimum absolute atomic E-state index is 0.138. The van der Waals surface area contributed by atoms with E-state index < -0.39 is 0 Å². The Morgan fingerprint density at radius 3 is 2.69 bits per heavy atom. The van der Waals surface area contributed by atoms with Crippen LogP contribution in [0.4, 0.5) is 5.69 Å². The Morgan fingerprint density at radius 2 is 1.88 bits per heavy atom. The van der Waals surface area contributed by atoms with Crippen LogP contribution in [0, 0.1) is 6.92 Å². The van der Waals surface area contributed by atoms with Gasteiger partial charge in [-0.1, -0.05) is 28.1 Å². The lowest BCUT2D eigenvalue weighted by molar-refractivity contribution is -0.115. The maximum absolute atomic E-state index is 12.5. The molecule has 0 unspecified atom stereocenters. The Morgan fingerprint density at radius 1 is 1.06 bits per heavy atom. The molecule has 0 spiro atoms. The summed E-state index contributed by atoms with van der Waals surface area (Å²) in [7, 11) is 0. The van der Waals surface area contributed by atoms with Crippen molar-refractivity contribution in [3.05, 3.63) is 94.4 Å². The van der Waals surface area contributed by atoms with Crippen molar-refractivity contribution in [1.82, 2.24) is 14.7 Å². The van der Waals surface area contributed by atoms with Gasteiger partial charge in [0, 0.05) is 28.1 Å². The first-order chi connectivity index (χ1) is 15.5. The Balaban J connectivity index is 1.31. The monoisotopic (exact) mass is 492 g/mol. The number of imidazole rings is 1. The van der Waals surface area contributed by atoms with E-state index in [1.165, 1.54) is 0 Å². The predicted octanol–water partition coefficient (Wildman–Crippen LogP) is 4.35. The number of anilines is 1. The third kappa shape index (κ3) is 5.53. The highest BCUT2D eigenvalue weighted by Gasteiger charge is 2.10. The van der Waals surface area contributed by atoms with E-state index in [2.05, 4.69) is 31.5 Å². The van der Waals surface area contributed by atoms with Gasteiger partial charge in [-0.3, -0.25) is 9.59 Å². The Hall–Kier alpha value is -3.65. The SMILES string of the molecule is Cc1ccc2nc(COc3cccc(C(=O)NCC(=O)Nc4ccc(Br)cc4)c3)cn2c1. The summed E-state index contributed by atoms with van der Waals surface area (Å²) in [5, 5.41) is 5.35. The fourth-order valence-corrected chi connectivity index (χ4v) is 3.37. The van der Waals surface area contributed by atoms with Crippen molar-refractivity contribution in [2.75, 3.05) is 11.9 Å². The molecular formula is C24H21BrN4O3. The number of rotatable bonds is 7. The lowest BCUT2D eigenvalue weighted by Gasteiger charge is -2.09. The fourth-order valence-electron chi connectivity index (χ4n) is 3.11. The van der Waals surface area contributed by atoms with Gasteiger partial charge in [-0.05, 0) is 61.0 Å². The van der Waals surface area contributed by atoms with Gasteiger partial charge >= 0.3 is 0 Å². The molecule has 0 fully saturated rings. The molecule has 0 saturated carbocycles. The van der Waals surface area contributed by atoms with Crippen LogP contribution in [0.1, 0.15) is 21.6 Å². The Kier molecular flexibility index (Phi) is 6.51. The van der Waals surface area contributed by atoms with Gasteiger partial charge in [-0.25, -0.2) is 4.98 Å². The van der Waals surface area contributed by atoms with Gasteiger partial charge in [-0.15, -0.1) is 0 Å². The molecule has 32 heavy (non-hydrogen) atoms. The maximum atomic E-state index is 12.5. The molecule has 4 rings (SSSR count). The molecule has 0 saturated heterocycles. The third-order valence-electron chi connectivity index (χ3n) is 4.67. The molecule has 0 aliphatic rings. The number of nitrogens with zero attached hydrogens (tertiary/aromatic N) is 2. The van der Waals surface area contributed by atoms with Gasteiger partial charge in [0.05, 0.1) is 12.2 Å². The van der Waals surface area contributed by atoms with Crippen LogP contribution in [0.2, 0.25) is 0 Å². The molecule has 7 nitrogen and oxygen atoms in total. The van der Waals surface area contributed by atoms with Crippen LogP contribution in [0.3, 0.4) is 0 Å². The van der Waals surface area contributed by atoms with Crippen LogP contribution in [0.15, 0.2) is 77.5 Å². The first-order valence-electron chi connectivity index (χ1n) is 9.97. The molecule has 162 valence electrons. The highest BCUT2D eigenvalue weighted by atomic mass is 79.9. The number of fused-ring (bicyclic) bond motifs is 1. The molecule has 0 aliphatic carbocycles. The van der Waals surface area contributed by atoms with E-state index in [0.29, 0.717) is 17.0 Å². The number of carbonyl (C=O) groups is 2. The van der Waals surface area contributed by atoms with Gasteiger partial charge in [0.2, 0.25) is 5.91 Å². The van der Waals surface area contributed by atoms with Crippen molar-refractivity contribution in [3.8, 4) is 5.75 Å². The van der Waals surface area contributed by atoms with E-state index in [1.54, 1.807) is 36.4 Å². The summed E-state index contributed by atoms with van der Waals surface area (Å²) in [6, 6.07) is 18.0. The summed E-state index contributed by atoms with van der Waals surface area (Å²) >= 11 is 3.34. The second-order valence-corrected chi connectivity index (χ2v) is 8.17. The number of halogens is 1. The van der Waals surface area contributed by atoms with E-state index >= 15 is 0 Å². The highest BCUT2D eigenvalue weighted by molar-refractivity contribution is 9.10. The van der Waals surface area contributed by atoms with Crippen molar-refractivity contribution in [2.24, 2.45) is 0 Å². The van der Waals surface area contributed by atoms with Crippen molar-refractivity contribution in [1.29, 1.82) is 0 Å². The van der Waals surface area contributed by atoms with E-state index in [0.717, 1.165) is 21.4 Å². The number of hydrogen-bond donors (Lipinski definition) is 2. The molecule has 0 radical (unpaired) electrons. The van der Waals surface area contributed by atoms with E-state index in [4.69, 9.17) is 4.74 Å². The first kappa shape index (κ1) is 21.6. The molecule has 2 amide bonds. The number of aryl methyl sites for hydroxylation is 1. The standard InChI is InChI=1S/C24H21BrN4O3/c1-16-5-10-22-27-20(14-29(22)13-16)15-32-21-4-2-3-17(11-21)24(31)26-12-23(30)28-19-8-6-18(25)7-9-19/h2-11,13-14H,12,15H2,1H3,(H,26,31)(H,28,30). The molecule has 2 aromatic heterocycles. The minimum atomic E-state index is -0.357. The van der Waals surface area contributed by atoms with E-state index in [1.807, 2.05) is 48.0 Å². The smallest absolute Gasteiger partial charge is 0.251 e. The second kappa shape index (κ2) is 9.65. The lowest BCUT2D eigenvalue weighted by Crippen LogP contribution is -2.32. The zero-order valence-corrected chi connectivity index (χ0v) is 18.9. The first-order valence-corrected chi connectivity index (χ1v) is 10.8. The molecule has 2 N–H and O–H groups in total. The largest absolute Gasteiger partial charge is 0.487 e. The topological polar surface area (TPSA) is 84.7 Å². The average Bonchev–Trinajstić information content (AvgIpc) is 3.20. The molecular weight excluding hydrogens is 472 g/mol. The summed E-state index contributed by atoms with van der Waals surface area (Å²) in [6.07, 6.45) is 3.92. The maximum Gasteiger partial charge on any atom is 0.251 e. The molecule has 0 atom stereocenters. The van der Waals surface area contributed by atoms with Crippen LogP contribution in [0.5, 0.6) is 5.75 Å². The van der Waals surface area contributed by atoms with Crippen molar-refractivity contribution >= 4 is 39.1 Å². The van der Waals surface area contributed by atoms with Crippen LogP contribution in [0.25, 0.3) is 5.65 Å². The summed E-state index contributed by atoms with van der Waals surface area (Å²) in [5.41, 5.74) is 3.85. The molecule has 8 heteroatoms. The summed E-state index contributed by atoms with van der Waals surface area (Å²) in [5.74, 6) is -0.120. The Labute approximate surface area is 193 Å².